The molecule has 40 heavy (non-hydrogen) atoms. The Labute approximate surface area is 236 Å². The van der Waals surface area contributed by atoms with Crippen LogP contribution in [-0.2, 0) is 10.4 Å². The highest BCUT2D eigenvalue weighted by Crippen LogP contribution is 2.55. The molecule has 6 unspecified atom stereocenters. The van der Waals surface area contributed by atoms with Gasteiger partial charge in [0.15, 0.2) is 0 Å². The van der Waals surface area contributed by atoms with E-state index in [2.05, 4.69) is 34.9 Å². The molecule has 3 heterocycles. The molecule has 0 bridgehead atoms. The number of anilines is 1. The van der Waals surface area contributed by atoms with Crippen molar-refractivity contribution in [3.05, 3.63) is 54.1 Å². The highest BCUT2D eigenvalue weighted by atomic mass is 19.4. The van der Waals surface area contributed by atoms with Crippen LogP contribution in [0.3, 0.4) is 0 Å². The summed E-state index contributed by atoms with van der Waals surface area (Å²) >= 11 is 0. The highest BCUT2D eigenvalue weighted by molar-refractivity contribution is 5.42. The van der Waals surface area contributed by atoms with Gasteiger partial charge in [0.05, 0.1) is 24.3 Å². The van der Waals surface area contributed by atoms with E-state index in [1.54, 1.807) is 18.3 Å². The summed E-state index contributed by atoms with van der Waals surface area (Å²) in [4.78, 5) is 6.31. The maximum atomic E-state index is 14.5. The number of alkyl halides is 4. The average Bonchev–Trinajstić information content (AvgIpc) is 3.32. The molecular weight excluding hydrogens is 520 g/mol. The fourth-order valence-corrected chi connectivity index (χ4v) is 6.74. The standard InChI is InChI=1S/C31H44F4N4O/c1-6-22-20-40-16-12-26(22)37-24-10-13-30(18-24,21(3)31(33,34)35)27(7-2)39-15-8-9-25(19-39)38-28-17-23(11-14-36-28)29(4,5)32/h8-9,11,14,17,21-22,24-26,37H,2,6,10,12-13,15-16,18-20H2,1,3-5H3,(H,36,38). The maximum absolute atomic E-state index is 14.5. The minimum atomic E-state index is -4.35. The molecule has 1 aromatic heterocycles. The van der Waals surface area contributed by atoms with Crippen molar-refractivity contribution in [2.75, 3.05) is 31.6 Å². The van der Waals surface area contributed by atoms with E-state index in [4.69, 9.17) is 4.74 Å². The molecule has 1 aromatic rings. The Kier molecular flexibility index (Phi) is 9.38. The molecule has 2 aliphatic heterocycles. The molecule has 1 saturated carbocycles. The van der Waals surface area contributed by atoms with Crippen LogP contribution in [0.25, 0.3) is 0 Å². The smallest absolute Gasteiger partial charge is 0.381 e. The zero-order valence-corrected chi connectivity index (χ0v) is 24.2. The molecule has 0 aromatic carbocycles. The number of hydrogen-bond donors (Lipinski definition) is 2. The van der Waals surface area contributed by atoms with Crippen LogP contribution in [-0.4, -0.2) is 60.5 Å². The van der Waals surface area contributed by atoms with Gasteiger partial charge in [-0.3, -0.25) is 0 Å². The molecule has 6 atom stereocenters. The monoisotopic (exact) mass is 564 g/mol. The molecule has 222 valence electrons. The zero-order valence-electron chi connectivity index (χ0n) is 24.2. The number of allylic oxidation sites excluding steroid dienone is 1. The summed E-state index contributed by atoms with van der Waals surface area (Å²) in [7, 11) is 0. The molecule has 1 saturated heterocycles. The van der Waals surface area contributed by atoms with Gasteiger partial charge in [0.1, 0.15) is 11.5 Å². The van der Waals surface area contributed by atoms with E-state index in [-0.39, 0.29) is 18.1 Å². The summed E-state index contributed by atoms with van der Waals surface area (Å²) in [6, 6.07) is 3.33. The van der Waals surface area contributed by atoms with Crippen LogP contribution >= 0.6 is 0 Å². The fourth-order valence-electron chi connectivity index (χ4n) is 6.74. The van der Waals surface area contributed by atoms with E-state index in [1.165, 1.54) is 20.8 Å². The Morgan fingerprint density at radius 2 is 2.08 bits per heavy atom. The van der Waals surface area contributed by atoms with Crippen molar-refractivity contribution in [2.45, 2.75) is 89.8 Å². The number of rotatable bonds is 9. The van der Waals surface area contributed by atoms with Gasteiger partial charge < -0.3 is 20.3 Å². The number of nitrogens with one attached hydrogen (secondary N) is 2. The summed E-state index contributed by atoms with van der Waals surface area (Å²) in [5.74, 6) is -0.656. The topological polar surface area (TPSA) is 49.4 Å². The lowest BCUT2D eigenvalue weighted by molar-refractivity contribution is -0.198. The molecule has 5 nitrogen and oxygen atoms in total. The predicted octanol–water partition coefficient (Wildman–Crippen LogP) is 6.75. The normalized spacial score (nSPS) is 30.1. The second-order valence-corrected chi connectivity index (χ2v) is 12.2. The number of pyridine rings is 1. The highest BCUT2D eigenvalue weighted by Gasteiger charge is 2.57. The molecule has 0 amide bonds. The lowest BCUT2D eigenvalue weighted by atomic mass is 9.70. The number of nitrogens with zero attached hydrogens (tertiary/aromatic N) is 2. The second-order valence-electron chi connectivity index (χ2n) is 12.2. The summed E-state index contributed by atoms with van der Waals surface area (Å²) < 4.78 is 63.4. The van der Waals surface area contributed by atoms with Crippen LogP contribution in [0.2, 0.25) is 0 Å². The summed E-state index contributed by atoms with van der Waals surface area (Å²) in [5.41, 5.74) is 1.38. The Hall–Kier alpha value is -2.35. The fraction of sp³-hybridized carbons (Fsp3) is 0.677. The van der Waals surface area contributed by atoms with Gasteiger partial charge in [0, 0.05) is 43.4 Å². The summed E-state index contributed by atoms with van der Waals surface area (Å²) in [5, 5.41) is 7.05. The molecule has 3 aliphatic rings. The Bertz CT molecular complexity index is 1090. The molecule has 4 rings (SSSR count). The van der Waals surface area contributed by atoms with Crippen LogP contribution in [0.5, 0.6) is 0 Å². The molecule has 2 N–H and O–H groups in total. The van der Waals surface area contributed by atoms with Gasteiger partial charge >= 0.3 is 6.18 Å². The second kappa shape index (κ2) is 12.3. The Morgan fingerprint density at radius 3 is 2.75 bits per heavy atom. The third-order valence-corrected chi connectivity index (χ3v) is 9.16. The van der Waals surface area contributed by atoms with Gasteiger partial charge in [-0.05, 0) is 69.6 Å². The van der Waals surface area contributed by atoms with Crippen LogP contribution < -0.4 is 10.6 Å². The van der Waals surface area contributed by atoms with Crippen molar-refractivity contribution in [3.8, 4) is 0 Å². The van der Waals surface area contributed by atoms with Crippen LogP contribution in [0.15, 0.2) is 48.5 Å². The van der Waals surface area contributed by atoms with E-state index in [9.17, 15) is 17.6 Å². The van der Waals surface area contributed by atoms with Gasteiger partial charge in [0.2, 0.25) is 0 Å². The lowest BCUT2D eigenvalue weighted by Gasteiger charge is -2.44. The van der Waals surface area contributed by atoms with Crippen molar-refractivity contribution in [1.82, 2.24) is 15.2 Å². The first-order chi connectivity index (χ1) is 18.9. The average molecular weight is 565 g/mol. The van der Waals surface area contributed by atoms with E-state index in [1.807, 2.05) is 17.1 Å². The lowest BCUT2D eigenvalue weighted by Crippen LogP contribution is -2.49. The molecule has 2 fully saturated rings. The Balaban J connectivity index is 1.54. The van der Waals surface area contributed by atoms with Crippen molar-refractivity contribution < 1.29 is 22.3 Å². The number of halogens is 4. The molecule has 1 aliphatic carbocycles. The maximum Gasteiger partial charge on any atom is 0.392 e. The van der Waals surface area contributed by atoms with Crippen LogP contribution in [0.4, 0.5) is 23.4 Å². The van der Waals surface area contributed by atoms with E-state index in [0.717, 1.165) is 12.8 Å². The first-order valence-corrected chi connectivity index (χ1v) is 14.5. The Morgan fingerprint density at radius 1 is 1.30 bits per heavy atom. The van der Waals surface area contributed by atoms with Crippen molar-refractivity contribution in [1.29, 1.82) is 0 Å². The predicted molar refractivity (Wildman–Crippen MR) is 151 cm³/mol. The summed E-state index contributed by atoms with van der Waals surface area (Å²) in [6.45, 7) is 12.6. The van der Waals surface area contributed by atoms with Crippen molar-refractivity contribution in [3.63, 3.8) is 0 Å². The third kappa shape index (κ3) is 6.75. The third-order valence-electron chi connectivity index (χ3n) is 9.16. The summed E-state index contributed by atoms with van der Waals surface area (Å²) in [6.07, 6.45) is 4.46. The molecule has 9 heteroatoms. The van der Waals surface area contributed by atoms with Crippen LogP contribution in [0.1, 0.15) is 65.4 Å². The van der Waals surface area contributed by atoms with E-state index >= 15 is 0 Å². The van der Waals surface area contributed by atoms with Crippen molar-refractivity contribution >= 4 is 5.82 Å². The van der Waals surface area contributed by atoms with Crippen molar-refractivity contribution in [2.24, 2.45) is 17.3 Å². The number of ether oxygens (including phenoxy) is 1. The minimum absolute atomic E-state index is 0.0180. The van der Waals surface area contributed by atoms with Crippen LogP contribution in [0, 0.1) is 17.3 Å². The number of aromatic nitrogens is 1. The number of hydrogen-bond acceptors (Lipinski definition) is 5. The van der Waals surface area contributed by atoms with Gasteiger partial charge in [-0.1, -0.05) is 32.6 Å². The minimum Gasteiger partial charge on any atom is -0.381 e. The SMILES string of the molecule is C=C=C(N1CC=CC(Nc2cc(C(C)(C)F)ccn2)C1)C1(C(C)C(F)(F)F)CCC(NC2CCOCC2CC)C1. The largest absolute Gasteiger partial charge is 0.392 e. The molecule has 0 spiro atoms. The molecular formula is C31H44F4N4O. The van der Waals surface area contributed by atoms with Gasteiger partial charge in [-0.15, -0.1) is 5.73 Å². The first-order valence-electron chi connectivity index (χ1n) is 14.5. The zero-order chi connectivity index (χ0) is 29.1. The van der Waals surface area contributed by atoms with Gasteiger partial charge in [-0.2, -0.15) is 13.2 Å². The van der Waals surface area contributed by atoms with Gasteiger partial charge in [0.25, 0.3) is 0 Å². The van der Waals surface area contributed by atoms with E-state index < -0.39 is 23.2 Å². The van der Waals surface area contributed by atoms with E-state index in [0.29, 0.717) is 68.6 Å². The quantitative estimate of drug-likeness (QED) is 0.197. The first kappa shape index (κ1) is 30.6. The molecule has 0 radical (unpaired) electrons. The van der Waals surface area contributed by atoms with Gasteiger partial charge in [-0.25, -0.2) is 9.37 Å².